The Kier molecular flexibility index (Phi) is 9.21. The van der Waals surface area contributed by atoms with Crippen molar-refractivity contribution in [2.75, 3.05) is 25.4 Å². The van der Waals surface area contributed by atoms with Crippen LogP contribution in [0.1, 0.15) is 66.2 Å². The van der Waals surface area contributed by atoms with Gasteiger partial charge in [-0.15, -0.1) is 0 Å². The maximum absolute atomic E-state index is 12.7. The number of fused-ring (bicyclic) bond motifs is 2. The molecule has 0 spiro atoms. The molecule has 2 aromatic heterocycles. The van der Waals surface area contributed by atoms with E-state index >= 15 is 0 Å². The van der Waals surface area contributed by atoms with E-state index in [9.17, 15) is 4.79 Å². The summed E-state index contributed by atoms with van der Waals surface area (Å²) in [6, 6.07) is 10.1. The van der Waals surface area contributed by atoms with Gasteiger partial charge in [0.2, 0.25) is 0 Å². The summed E-state index contributed by atoms with van der Waals surface area (Å²) in [5.74, 6) is -0.439. The Morgan fingerprint density at radius 3 is 2.60 bits per heavy atom. The van der Waals surface area contributed by atoms with E-state index in [1.165, 1.54) is 6.33 Å². The fourth-order valence-corrected chi connectivity index (χ4v) is 5.89. The van der Waals surface area contributed by atoms with Gasteiger partial charge in [-0.1, -0.05) is 37.3 Å². The van der Waals surface area contributed by atoms with Crippen LogP contribution in [0, 0.1) is 0 Å². The molecule has 0 radical (unpaired) electrons. The molecule has 2 aliphatic heterocycles. The summed E-state index contributed by atoms with van der Waals surface area (Å²) in [5.41, 5.74) is 7.75. The van der Waals surface area contributed by atoms with Crippen molar-refractivity contribution in [2.45, 2.75) is 103 Å². The zero-order chi connectivity index (χ0) is 30.8. The van der Waals surface area contributed by atoms with E-state index in [1.54, 1.807) is 6.33 Å². The molecule has 43 heavy (non-hydrogen) atoms. The van der Waals surface area contributed by atoms with E-state index in [4.69, 9.17) is 24.7 Å². The van der Waals surface area contributed by atoms with E-state index in [0.29, 0.717) is 29.9 Å². The third kappa shape index (κ3) is 7.61. The molecule has 1 unspecified atom stereocenters. The highest BCUT2D eigenvalue weighted by Gasteiger charge is 2.56. The van der Waals surface area contributed by atoms with Crippen LogP contribution in [-0.2, 0) is 25.4 Å². The highest BCUT2D eigenvalue weighted by molar-refractivity contribution is 5.81. The first-order chi connectivity index (χ1) is 20.4. The second kappa shape index (κ2) is 12.7. The van der Waals surface area contributed by atoms with Gasteiger partial charge in [-0.3, -0.25) is 4.57 Å². The molecular formula is C31H45N7O5. The number of alkyl carbamates (subject to hydrolysis) is 1. The highest BCUT2D eigenvalue weighted by Crippen LogP contribution is 2.44. The molecule has 1 amide bonds. The van der Waals surface area contributed by atoms with Gasteiger partial charge in [-0.2, -0.15) is 0 Å². The third-order valence-electron chi connectivity index (χ3n) is 7.60. The number of carbonyl (C=O) groups is 1. The van der Waals surface area contributed by atoms with Gasteiger partial charge < -0.3 is 34.9 Å². The van der Waals surface area contributed by atoms with Crippen molar-refractivity contribution in [3.63, 3.8) is 0 Å². The highest BCUT2D eigenvalue weighted by atomic mass is 16.8. The van der Waals surface area contributed by atoms with E-state index in [0.717, 1.165) is 31.5 Å². The van der Waals surface area contributed by atoms with Crippen molar-refractivity contribution in [1.82, 2.24) is 29.7 Å². The fourth-order valence-electron chi connectivity index (χ4n) is 5.89. The number of carbonyl (C=O) groups excluding carboxylic acids is 1. The van der Waals surface area contributed by atoms with Crippen LogP contribution in [0.25, 0.3) is 11.2 Å². The summed E-state index contributed by atoms with van der Waals surface area (Å²) in [6.45, 7) is 13.9. The molecule has 2 aliphatic rings. The minimum atomic E-state index is -0.756. The molecule has 12 nitrogen and oxygen atoms in total. The number of nitrogen functional groups attached to an aromatic ring is 1. The Hall–Kier alpha value is -3.32. The van der Waals surface area contributed by atoms with E-state index < -0.39 is 23.7 Å². The first kappa shape index (κ1) is 31.1. The van der Waals surface area contributed by atoms with Gasteiger partial charge in [0.15, 0.2) is 23.5 Å². The van der Waals surface area contributed by atoms with Crippen LogP contribution in [0.5, 0.6) is 0 Å². The van der Waals surface area contributed by atoms with Gasteiger partial charge in [-0.25, -0.2) is 19.7 Å². The number of nitrogens with one attached hydrogen (secondary N) is 1. The van der Waals surface area contributed by atoms with E-state index in [2.05, 4.69) is 44.2 Å². The standard InChI is InChI=1S/C31H45N7O5/c1-7-14-37(15-13-21(16-20-11-9-8-10-12-20)36-29(39)43-30(2,3)4)17-22-24-25(42-31(5,6)41-24)28(40-22)38-19-35-23-26(32)33-18-34-27(23)38/h8-12,18-19,21-22,24-25,28H,7,13-17H2,1-6H3,(H,36,39)(H2,32,33,34)/t21-,22+,24+,25+,28?/m0/s1. The summed E-state index contributed by atoms with van der Waals surface area (Å²) in [7, 11) is 0. The number of rotatable bonds is 11. The van der Waals surface area contributed by atoms with Gasteiger partial charge in [0.1, 0.15) is 35.8 Å². The number of nitrogens with zero attached hydrogens (tertiary/aromatic N) is 5. The third-order valence-corrected chi connectivity index (χ3v) is 7.60. The van der Waals surface area contributed by atoms with Crippen molar-refractivity contribution >= 4 is 23.1 Å². The smallest absolute Gasteiger partial charge is 0.407 e. The molecule has 3 N–H and O–H groups in total. The lowest BCUT2D eigenvalue weighted by Crippen LogP contribution is -2.44. The van der Waals surface area contributed by atoms with Crippen molar-refractivity contribution in [2.24, 2.45) is 0 Å². The van der Waals surface area contributed by atoms with Crippen molar-refractivity contribution in [3.8, 4) is 0 Å². The van der Waals surface area contributed by atoms with Gasteiger partial charge in [-0.05, 0) is 66.0 Å². The van der Waals surface area contributed by atoms with Crippen LogP contribution >= 0.6 is 0 Å². The molecule has 5 rings (SSSR count). The lowest BCUT2D eigenvalue weighted by atomic mass is 10.0. The molecule has 1 aromatic carbocycles. The Morgan fingerprint density at radius 2 is 1.88 bits per heavy atom. The average Bonchev–Trinajstić information content (AvgIpc) is 3.58. The lowest BCUT2D eigenvalue weighted by molar-refractivity contribution is -0.198. The van der Waals surface area contributed by atoms with Crippen LogP contribution in [0.2, 0.25) is 0 Å². The number of imidazole rings is 1. The number of anilines is 1. The molecule has 0 aliphatic carbocycles. The number of aromatic nitrogens is 4. The monoisotopic (exact) mass is 595 g/mol. The number of ether oxygens (including phenoxy) is 4. The molecule has 3 aromatic rings. The van der Waals surface area contributed by atoms with Crippen molar-refractivity contribution in [3.05, 3.63) is 48.5 Å². The Morgan fingerprint density at radius 1 is 1.14 bits per heavy atom. The summed E-state index contributed by atoms with van der Waals surface area (Å²) in [6.07, 6.45) is 3.73. The number of amides is 1. The van der Waals surface area contributed by atoms with Crippen LogP contribution in [0.3, 0.4) is 0 Å². The number of hydrogen-bond acceptors (Lipinski definition) is 10. The fraction of sp³-hybridized carbons (Fsp3) is 0.613. The Balaban J connectivity index is 1.31. The van der Waals surface area contributed by atoms with Crippen LogP contribution in [0.15, 0.2) is 43.0 Å². The second-order valence-corrected chi connectivity index (χ2v) is 12.8. The van der Waals surface area contributed by atoms with Crippen LogP contribution < -0.4 is 11.1 Å². The SMILES string of the molecule is CCCN(CC[C@@H](Cc1ccccc1)NC(=O)OC(C)(C)C)C[C@H]1OC(n2cnc3c(N)ncnc32)[C@@H]2OC(C)(C)O[C@H]12. The number of nitrogens with two attached hydrogens (primary N) is 1. The topological polar surface area (TPSA) is 139 Å². The summed E-state index contributed by atoms with van der Waals surface area (Å²) < 4.78 is 26.8. The Labute approximate surface area is 253 Å². The second-order valence-electron chi connectivity index (χ2n) is 12.8. The largest absolute Gasteiger partial charge is 0.444 e. The molecule has 234 valence electrons. The molecule has 2 fully saturated rings. The van der Waals surface area contributed by atoms with Gasteiger partial charge in [0.25, 0.3) is 0 Å². The normalized spacial score (nSPS) is 23.9. The van der Waals surface area contributed by atoms with Gasteiger partial charge in [0.05, 0.1) is 6.33 Å². The molecule has 5 atom stereocenters. The number of hydrogen-bond donors (Lipinski definition) is 2. The quantitative estimate of drug-likeness (QED) is 0.334. The van der Waals surface area contributed by atoms with Gasteiger partial charge >= 0.3 is 6.09 Å². The summed E-state index contributed by atoms with van der Waals surface area (Å²) in [4.78, 5) is 28.0. The Bertz CT molecular complexity index is 1380. The first-order valence-electron chi connectivity index (χ1n) is 15.1. The van der Waals surface area contributed by atoms with E-state index in [-0.39, 0.29) is 24.4 Å². The summed E-state index contributed by atoms with van der Waals surface area (Å²) >= 11 is 0. The molecule has 0 saturated carbocycles. The number of benzene rings is 1. The van der Waals surface area contributed by atoms with Gasteiger partial charge in [0, 0.05) is 19.1 Å². The minimum Gasteiger partial charge on any atom is -0.444 e. The lowest BCUT2D eigenvalue weighted by Gasteiger charge is -2.30. The average molecular weight is 596 g/mol. The zero-order valence-corrected chi connectivity index (χ0v) is 26.0. The minimum absolute atomic E-state index is 0.103. The maximum Gasteiger partial charge on any atom is 0.407 e. The van der Waals surface area contributed by atoms with Crippen LogP contribution in [-0.4, -0.2) is 85.9 Å². The maximum atomic E-state index is 12.7. The van der Waals surface area contributed by atoms with Crippen LogP contribution in [0.4, 0.5) is 10.6 Å². The van der Waals surface area contributed by atoms with E-state index in [1.807, 2.05) is 57.4 Å². The van der Waals surface area contributed by atoms with Crippen molar-refractivity contribution in [1.29, 1.82) is 0 Å². The molecule has 12 heteroatoms. The zero-order valence-electron chi connectivity index (χ0n) is 26.0. The summed E-state index contributed by atoms with van der Waals surface area (Å²) in [5, 5.41) is 3.11. The first-order valence-corrected chi connectivity index (χ1v) is 15.1. The predicted octanol–water partition coefficient (Wildman–Crippen LogP) is 4.06. The van der Waals surface area contributed by atoms with Crippen molar-refractivity contribution < 1.29 is 23.7 Å². The molecule has 4 heterocycles. The molecular weight excluding hydrogens is 550 g/mol. The molecule has 0 bridgehead atoms. The predicted molar refractivity (Wildman–Crippen MR) is 162 cm³/mol. The molecule has 2 saturated heterocycles.